The Morgan fingerprint density at radius 3 is 2.82 bits per heavy atom. The standard InChI is InChI=1S/C13H19NO2S/c1-4-13(2,3)8-14-11(15)7-10-9(12(14)16)5-6-17-10/h7,9H,4-6,8H2,1-3H3. The molecular weight excluding hydrogens is 234 g/mol. The van der Waals surface area contributed by atoms with Crippen LogP contribution in [-0.4, -0.2) is 29.0 Å². The lowest BCUT2D eigenvalue weighted by Gasteiger charge is -2.33. The van der Waals surface area contributed by atoms with E-state index in [9.17, 15) is 9.59 Å². The molecule has 2 aliphatic heterocycles. The molecule has 4 heteroatoms. The molecule has 0 aromatic carbocycles. The van der Waals surface area contributed by atoms with E-state index < -0.39 is 0 Å². The van der Waals surface area contributed by atoms with Gasteiger partial charge in [0.1, 0.15) is 0 Å². The van der Waals surface area contributed by atoms with E-state index in [0.717, 1.165) is 23.5 Å². The number of fused-ring (bicyclic) bond motifs is 1. The predicted octanol–water partition coefficient (Wildman–Crippen LogP) is 2.43. The number of amides is 2. The molecule has 3 nitrogen and oxygen atoms in total. The van der Waals surface area contributed by atoms with Crippen molar-refractivity contribution in [2.75, 3.05) is 12.3 Å². The first kappa shape index (κ1) is 12.7. The molecule has 0 aromatic rings. The summed E-state index contributed by atoms with van der Waals surface area (Å²) in [6.07, 6.45) is 3.50. The molecule has 94 valence electrons. The van der Waals surface area contributed by atoms with Crippen molar-refractivity contribution in [1.82, 2.24) is 4.90 Å². The first-order chi connectivity index (χ1) is 7.94. The van der Waals surface area contributed by atoms with E-state index in [4.69, 9.17) is 0 Å². The average Bonchev–Trinajstić information content (AvgIpc) is 2.72. The lowest BCUT2D eigenvalue weighted by molar-refractivity contribution is -0.146. The Morgan fingerprint density at radius 1 is 1.47 bits per heavy atom. The highest BCUT2D eigenvalue weighted by Crippen LogP contribution is 2.40. The quantitative estimate of drug-likeness (QED) is 0.725. The van der Waals surface area contributed by atoms with Crippen LogP contribution in [0.4, 0.5) is 0 Å². The van der Waals surface area contributed by atoms with Gasteiger partial charge in [-0.1, -0.05) is 20.8 Å². The number of thioether (sulfide) groups is 1. The van der Waals surface area contributed by atoms with Crippen LogP contribution < -0.4 is 0 Å². The molecule has 2 rings (SSSR count). The van der Waals surface area contributed by atoms with E-state index in [0.29, 0.717) is 6.54 Å². The second-order valence-corrected chi connectivity index (χ2v) is 6.69. The third kappa shape index (κ3) is 2.41. The zero-order valence-electron chi connectivity index (χ0n) is 10.7. The summed E-state index contributed by atoms with van der Waals surface area (Å²) in [5, 5.41) is 0. The summed E-state index contributed by atoms with van der Waals surface area (Å²) >= 11 is 1.65. The van der Waals surface area contributed by atoms with Crippen molar-refractivity contribution in [3.63, 3.8) is 0 Å². The highest BCUT2D eigenvalue weighted by molar-refractivity contribution is 8.03. The first-order valence-corrected chi connectivity index (χ1v) is 7.13. The van der Waals surface area contributed by atoms with Crippen LogP contribution in [-0.2, 0) is 9.59 Å². The number of rotatable bonds is 3. The Kier molecular flexibility index (Phi) is 3.34. The molecule has 2 aliphatic rings. The van der Waals surface area contributed by atoms with Gasteiger partial charge in [0, 0.05) is 17.5 Å². The number of imide groups is 1. The maximum Gasteiger partial charge on any atom is 0.254 e. The minimum atomic E-state index is -0.128. The fourth-order valence-electron chi connectivity index (χ4n) is 2.12. The number of hydrogen-bond acceptors (Lipinski definition) is 3. The van der Waals surface area contributed by atoms with Crippen molar-refractivity contribution in [1.29, 1.82) is 0 Å². The van der Waals surface area contributed by atoms with Crippen LogP contribution in [0.2, 0.25) is 0 Å². The molecule has 1 fully saturated rings. The Bertz CT molecular complexity index is 387. The lowest BCUT2D eigenvalue weighted by Crippen LogP contribution is -2.47. The third-order valence-corrected chi connectivity index (χ3v) is 4.83. The zero-order chi connectivity index (χ0) is 12.6. The third-order valence-electron chi connectivity index (χ3n) is 3.66. The van der Waals surface area contributed by atoms with Crippen molar-refractivity contribution in [3.8, 4) is 0 Å². The molecule has 17 heavy (non-hydrogen) atoms. The topological polar surface area (TPSA) is 37.4 Å². The van der Waals surface area contributed by atoms with Gasteiger partial charge in [0.05, 0.1) is 5.92 Å². The summed E-state index contributed by atoms with van der Waals surface area (Å²) in [7, 11) is 0. The summed E-state index contributed by atoms with van der Waals surface area (Å²) in [6.45, 7) is 6.81. The normalized spacial score (nSPS) is 25.0. The Morgan fingerprint density at radius 2 is 2.18 bits per heavy atom. The van der Waals surface area contributed by atoms with Crippen molar-refractivity contribution >= 4 is 23.6 Å². The molecule has 0 aromatic heterocycles. The van der Waals surface area contributed by atoms with Crippen LogP contribution in [0.3, 0.4) is 0 Å². The molecular formula is C13H19NO2S. The van der Waals surface area contributed by atoms with Gasteiger partial charge in [-0.05, 0) is 24.0 Å². The van der Waals surface area contributed by atoms with Crippen molar-refractivity contribution < 1.29 is 9.59 Å². The monoisotopic (exact) mass is 253 g/mol. The van der Waals surface area contributed by atoms with Crippen LogP contribution in [0.15, 0.2) is 11.0 Å². The predicted molar refractivity (Wildman–Crippen MR) is 69.4 cm³/mol. The molecule has 2 amide bonds. The van der Waals surface area contributed by atoms with Crippen molar-refractivity contribution in [2.45, 2.75) is 33.6 Å². The number of carbonyl (C=O) groups is 2. The van der Waals surface area contributed by atoms with Gasteiger partial charge in [0.2, 0.25) is 5.91 Å². The smallest absolute Gasteiger partial charge is 0.254 e. The SMILES string of the molecule is CCC(C)(C)CN1C(=O)C=C2SCCC2C1=O. The van der Waals surface area contributed by atoms with Gasteiger partial charge in [-0.2, -0.15) is 0 Å². The van der Waals surface area contributed by atoms with Crippen LogP contribution in [0.5, 0.6) is 0 Å². The zero-order valence-corrected chi connectivity index (χ0v) is 11.5. The van der Waals surface area contributed by atoms with Gasteiger partial charge in [0.15, 0.2) is 0 Å². The number of carbonyl (C=O) groups excluding carboxylic acids is 2. The molecule has 1 saturated heterocycles. The van der Waals surface area contributed by atoms with E-state index >= 15 is 0 Å². The number of nitrogens with zero attached hydrogens (tertiary/aromatic N) is 1. The lowest BCUT2D eigenvalue weighted by atomic mass is 9.88. The van der Waals surface area contributed by atoms with Gasteiger partial charge in [-0.25, -0.2) is 0 Å². The van der Waals surface area contributed by atoms with E-state index in [1.807, 2.05) is 0 Å². The first-order valence-electron chi connectivity index (χ1n) is 6.14. The van der Waals surface area contributed by atoms with Crippen LogP contribution >= 0.6 is 11.8 Å². The average molecular weight is 253 g/mol. The van der Waals surface area contributed by atoms with E-state index in [1.165, 1.54) is 4.90 Å². The van der Waals surface area contributed by atoms with Crippen LogP contribution in [0.1, 0.15) is 33.6 Å². The van der Waals surface area contributed by atoms with E-state index in [-0.39, 0.29) is 23.1 Å². The Labute approximate surface area is 107 Å². The van der Waals surface area contributed by atoms with Crippen LogP contribution in [0.25, 0.3) is 0 Å². The summed E-state index contributed by atoms with van der Waals surface area (Å²) < 4.78 is 0. The highest BCUT2D eigenvalue weighted by Gasteiger charge is 2.40. The van der Waals surface area contributed by atoms with Crippen LogP contribution in [0, 0.1) is 11.3 Å². The van der Waals surface area contributed by atoms with Gasteiger partial charge >= 0.3 is 0 Å². The molecule has 0 bridgehead atoms. The minimum Gasteiger partial charge on any atom is -0.278 e. The summed E-state index contributed by atoms with van der Waals surface area (Å²) in [5.41, 5.74) is 0.00239. The van der Waals surface area contributed by atoms with Crippen molar-refractivity contribution in [2.24, 2.45) is 11.3 Å². The van der Waals surface area contributed by atoms with E-state index in [2.05, 4.69) is 20.8 Å². The molecule has 2 heterocycles. The molecule has 0 spiro atoms. The van der Waals surface area contributed by atoms with Gasteiger partial charge in [-0.15, -0.1) is 11.8 Å². The second kappa shape index (κ2) is 4.48. The second-order valence-electron chi connectivity index (χ2n) is 5.52. The van der Waals surface area contributed by atoms with Gasteiger partial charge < -0.3 is 0 Å². The maximum atomic E-state index is 12.3. The molecule has 0 aliphatic carbocycles. The highest BCUT2D eigenvalue weighted by atomic mass is 32.2. The van der Waals surface area contributed by atoms with Gasteiger partial charge in [0.25, 0.3) is 5.91 Å². The maximum absolute atomic E-state index is 12.3. The Balaban J connectivity index is 2.19. The van der Waals surface area contributed by atoms with E-state index in [1.54, 1.807) is 17.8 Å². The molecule has 0 saturated carbocycles. The summed E-state index contributed by atoms with van der Waals surface area (Å²) in [5.74, 6) is 0.808. The molecule has 1 unspecified atom stereocenters. The fraction of sp³-hybridized carbons (Fsp3) is 0.692. The number of hydrogen-bond donors (Lipinski definition) is 0. The largest absolute Gasteiger partial charge is 0.278 e. The van der Waals surface area contributed by atoms with Gasteiger partial charge in [-0.3, -0.25) is 14.5 Å². The summed E-state index contributed by atoms with van der Waals surface area (Å²) in [6, 6.07) is 0. The molecule has 1 atom stereocenters. The summed E-state index contributed by atoms with van der Waals surface area (Å²) in [4.78, 5) is 26.6. The minimum absolute atomic E-state index is 0.00239. The fourth-order valence-corrected chi connectivity index (χ4v) is 3.31. The Hall–Kier alpha value is -0.770. The molecule has 0 N–H and O–H groups in total. The van der Waals surface area contributed by atoms with Crippen molar-refractivity contribution in [3.05, 3.63) is 11.0 Å². The molecule has 0 radical (unpaired) electrons.